The molecular formula is C11H17N5O2S. The number of hydrazine groups is 1. The minimum absolute atomic E-state index is 0.200. The lowest BCUT2D eigenvalue weighted by molar-refractivity contribution is 0.0937. The first kappa shape index (κ1) is 13.8. The van der Waals surface area contributed by atoms with E-state index in [1.54, 1.807) is 24.0 Å². The zero-order chi connectivity index (χ0) is 13.7. The van der Waals surface area contributed by atoms with Gasteiger partial charge in [0.1, 0.15) is 0 Å². The van der Waals surface area contributed by atoms with Gasteiger partial charge >= 0.3 is 0 Å². The summed E-state index contributed by atoms with van der Waals surface area (Å²) < 4.78 is 7.01. The summed E-state index contributed by atoms with van der Waals surface area (Å²) >= 11 is 5.04. The van der Waals surface area contributed by atoms with E-state index in [2.05, 4.69) is 21.3 Å². The molecule has 0 radical (unpaired) electrons. The largest absolute Gasteiger partial charge is 0.376 e. The van der Waals surface area contributed by atoms with E-state index in [1.807, 2.05) is 0 Å². The Kier molecular flexibility index (Phi) is 4.69. The van der Waals surface area contributed by atoms with Crippen molar-refractivity contribution in [2.24, 2.45) is 7.05 Å². The Labute approximate surface area is 116 Å². The molecule has 104 valence electrons. The SMILES string of the molecule is Cn1ccc(C(=O)NNC(=S)NC[C@@H]2CCCO2)n1. The molecule has 1 aromatic rings. The summed E-state index contributed by atoms with van der Waals surface area (Å²) in [5, 5.41) is 7.33. The molecule has 2 rings (SSSR count). The molecule has 0 bridgehead atoms. The number of nitrogens with zero attached hydrogens (tertiary/aromatic N) is 2. The molecule has 0 saturated carbocycles. The molecule has 0 unspecified atom stereocenters. The fourth-order valence-corrected chi connectivity index (χ4v) is 1.90. The summed E-state index contributed by atoms with van der Waals surface area (Å²) in [6, 6.07) is 1.62. The van der Waals surface area contributed by atoms with Crippen molar-refractivity contribution in [3.63, 3.8) is 0 Å². The molecule has 0 spiro atoms. The second kappa shape index (κ2) is 6.48. The number of ether oxygens (including phenoxy) is 1. The molecule has 0 aliphatic carbocycles. The number of amides is 1. The molecule has 1 aliphatic heterocycles. The Bertz CT molecular complexity index is 456. The van der Waals surface area contributed by atoms with Crippen molar-refractivity contribution in [3.05, 3.63) is 18.0 Å². The van der Waals surface area contributed by atoms with Crippen LogP contribution in [-0.2, 0) is 11.8 Å². The molecule has 1 saturated heterocycles. The van der Waals surface area contributed by atoms with Gasteiger partial charge in [0, 0.05) is 26.4 Å². The van der Waals surface area contributed by atoms with E-state index in [0.717, 1.165) is 19.4 Å². The lowest BCUT2D eigenvalue weighted by Gasteiger charge is -2.14. The summed E-state index contributed by atoms with van der Waals surface area (Å²) in [4.78, 5) is 11.7. The monoisotopic (exact) mass is 283 g/mol. The number of rotatable bonds is 3. The van der Waals surface area contributed by atoms with Crippen molar-refractivity contribution in [3.8, 4) is 0 Å². The molecule has 1 aromatic heterocycles. The number of thiocarbonyl (C=S) groups is 1. The van der Waals surface area contributed by atoms with Crippen LogP contribution < -0.4 is 16.2 Å². The van der Waals surface area contributed by atoms with Crippen LogP contribution in [0.25, 0.3) is 0 Å². The lowest BCUT2D eigenvalue weighted by atomic mass is 10.2. The van der Waals surface area contributed by atoms with Gasteiger partial charge in [-0.2, -0.15) is 5.10 Å². The predicted octanol–water partition coefficient (Wildman–Crippen LogP) is -0.292. The average Bonchev–Trinajstić information content (AvgIpc) is 3.04. The molecule has 1 amide bonds. The highest BCUT2D eigenvalue weighted by atomic mass is 32.1. The second-order valence-electron chi connectivity index (χ2n) is 4.30. The summed E-state index contributed by atoms with van der Waals surface area (Å²) in [7, 11) is 1.75. The first-order chi connectivity index (χ1) is 9.15. The van der Waals surface area contributed by atoms with Gasteiger partial charge in [-0.15, -0.1) is 0 Å². The molecule has 3 N–H and O–H groups in total. The molecule has 1 fully saturated rings. The van der Waals surface area contributed by atoms with E-state index in [0.29, 0.717) is 17.4 Å². The van der Waals surface area contributed by atoms with E-state index >= 15 is 0 Å². The zero-order valence-corrected chi connectivity index (χ0v) is 11.5. The maximum Gasteiger partial charge on any atom is 0.290 e. The zero-order valence-electron chi connectivity index (χ0n) is 10.7. The Balaban J connectivity index is 1.66. The van der Waals surface area contributed by atoms with Crippen molar-refractivity contribution >= 4 is 23.2 Å². The minimum Gasteiger partial charge on any atom is -0.376 e. The van der Waals surface area contributed by atoms with Crippen LogP contribution in [0.5, 0.6) is 0 Å². The van der Waals surface area contributed by atoms with Gasteiger partial charge in [0.2, 0.25) is 0 Å². The van der Waals surface area contributed by atoms with Gasteiger partial charge in [-0.1, -0.05) is 0 Å². The first-order valence-corrected chi connectivity index (χ1v) is 6.51. The summed E-state index contributed by atoms with van der Waals surface area (Å²) in [6.45, 7) is 1.45. The van der Waals surface area contributed by atoms with Gasteiger partial charge in [0.05, 0.1) is 6.10 Å². The fraction of sp³-hybridized carbons (Fsp3) is 0.545. The Morgan fingerprint density at radius 3 is 3.11 bits per heavy atom. The number of carbonyl (C=O) groups excluding carboxylic acids is 1. The van der Waals surface area contributed by atoms with Crippen LogP contribution in [0.4, 0.5) is 0 Å². The van der Waals surface area contributed by atoms with E-state index in [1.165, 1.54) is 0 Å². The molecule has 1 atom stereocenters. The first-order valence-electron chi connectivity index (χ1n) is 6.10. The summed E-state index contributed by atoms with van der Waals surface area (Å²) in [5.41, 5.74) is 5.44. The van der Waals surface area contributed by atoms with Crippen LogP contribution in [0.15, 0.2) is 12.3 Å². The Hall–Kier alpha value is -1.67. The third-order valence-electron chi connectivity index (χ3n) is 2.75. The molecule has 8 heteroatoms. The molecule has 1 aliphatic rings. The smallest absolute Gasteiger partial charge is 0.290 e. The molecule has 0 aromatic carbocycles. The van der Waals surface area contributed by atoms with Crippen molar-refractivity contribution in [1.29, 1.82) is 0 Å². The van der Waals surface area contributed by atoms with E-state index in [4.69, 9.17) is 17.0 Å². The number of aryl methyl sites for hydroxylation is 1. The average molecular weight is 283 g/mol. The van der Waals surface area contributed by atoms with Gasteiger partial charge in [0.15, 0.2) is 10.8 Å². The topological polar surface area (TPSA) is 80.2 Å². The normalized spacial score (nSPS) is 18.1. The highest BCUT2D eigenvalue weighted by molar-refractivity contribution is 7.80. The van der Waals surface area contributed by atoms with Gasteiger partial charge in [0.25, 0.3) is 5.91 Å². The number of nitrogens with one attached hydrogen (secondary N) is 3. The van der Waals surface area contributed by atoms with E-state index < -0.39 is 0 Å². The van der Waals surface area contributed by atoms with Crippen molar-refractivity contribution < 1.29 is 9.53 Å². The Morgan fingerprint density at radius 2 is 2.47 bits per heavy atom. The quantitative estimate of drug-likeness (QED) is 0.522. The van der Waals surface area contributed by atoms with Crippen LogP contribution in [0.2, 0.25) is 0 Å². The van der Waals surface area contributed by atoms with E-state index in [-0.39, 0.29) is 12.0 Å². The van der Waals surface area contributed by atoms with E-state index in [9.17, 15) is 4.79 Å². The lowest BCUT2D eigenvalue weighted by Crippen LogP contribution is -2.48. The highest BCUT2D eigenvalue weighted by Gasteiger charge is 2.15. The maximum absolute atomic E-state index is 11.7. The van der Waals surface area contributed by atoms with Crippen LogP contribution in [0.1, 0.15) is 23.3 Å². The van der Waals surface area contributed by atoms with Gasteiger partial charge < -0.3 is 10.1 Å². The highest BCUT2D eigenvalue weighted by Crippen LogP contribution is 2.10. The van der Waals surface area contributed by atoms with Gasteiger partial charge in [-0.3, -0.25) is 20.3 Å². The summed E-state index contributed by atoms with van der Waals surface area (Å²) in [5.74, 6) is -0.332. The molecular weight excluding hydrogens is 266 g/mol. The molecule has 2 heterocycles. The number of hydrogen-bond donors (Lipinski definition) is 3. The van der Waals surface area contributed by atoms with Gasteiger partial charge in [-0.05, 0) is 31.1 Å². The second-order valence-corrected chi connectivity index (χ2v) is 4.71. The van der Waals surface area contributed by atoms with Crippen LogP contribution in [0, 0.1) is 0 Å². The number of hydrogen-bond acceptors (Lipinski definition) is 4. The van der Waals surface area contributed by atoms with Gasteiger partial charge in [-0.25, -0.2) is 0 Å². The molecule has 7 nitrogen and oxygen atoms in total. The minimum atomic E-state index is -0.332. The van der Waals surface area contributed by atoms with Crippen LogP contribution >= 0.6 is 12.2 Å². The van der Waals surface area contributed by atoms with Crippen LogP contribution in [0.3, 0.4) is 0 Å². The summed E-state index contributed by atoms with van der Waals surface area (Å²) in [6.07, 6.45) is 4.02. The Morgan fingerprint density at radius 1 is 1.63 bits per heavy atom. The fourth-order valence-electron chi connectivity index (χ4n) is 1.77. The molecule has 19 heavy (non-hydrogen) atoms. The van der Waals surface area contributed by atoms with Crippen molar-refractivity contribution in [1.82, 2.24) is 25.9 Å². The van der Waals surface area contributed by atoms with Crippen LogP contribution in [-0.4, -0.2) is 40.1 Å². The van der Waals surface area contributed by atoms with Crippen molar-refractivity contribution in [2.75, 3.05) is 13.2 Å². The maximum atomic E-state index is 11.7. The predicted molar refractivity (Wildman–Crippen MR) is 73.4 cm³/mol. The number of aromatic nitrogens is 2. The third-order valence-corrected chi connectivity index (χ3v) is 3.00. The standard InChI is InChI=1S/C11H17N5O2S/c1-16-5-4-9(15-16)10(17)13-14-11(19)12-7-8-3-2-6-18-8/h4-5,8H,2-3,6-7H2,1H3,(H,13,17)(H2,12,14,19)/t8-/m0/s1. The third kappa shape index (κ3) is 4.18. The van der Waals surface area contributed by atoms with Crippen molar-refractivity contribution in [2.45, 2.75) is 18.9 Å². The number of carbonyl (C=O) groups is 1.